The largest absolute Gasteiger partial charge is 0.317 e. The number of aryl methyl sites for hydroxylation is 3. The first kappa shape index (κ1) is 16.8. The molecule has 0 saturated carbocycles. The van der Waals surface area contributed by atoms with Gasteiger partial charge in [0.05, 0.1) is 10.6 Å². The van der Waals surface area contributed by atoms with Crippen molar-refractivity contribution in [1.29, 1.82) is 0 Å². The highest BCUT2D eigenvalue weighted by molar-refractivity contribution is 7.92. The van der Waals surface area contributed by atoms with Crippen molar-refractivity contribution in [3.8, 4) is 11.4 Å². The summed E-state index contributed by atoms with van der Waals surface area (Å²) in [6.07, 6.45) is 5.83. The first-order chi connectivity index (χ1) is 12.5. The number of rotatable bonds is 4. The molecule has 0 saturated heterocycles. The molecule has 0 aliphatic heterocycles. The van der Waals surface area contributed by atoms with Crippen LogP contribution in [0.2, 0.25) is 0 Å². The van der Waals surface area contributed by atoms with Crippen molar-refractivity contribution in [2.45, 2.75) is 30.6 Å². The van der Waals surface area contributed by atoms with E-state index in [4.69, 9.17) is 0 Å². The predicted octanol–water partition coefficient (Wildman–Crippen LogP) is 3.16. The number of nitrogens with one attached hydrogen (secondary N) is 1. The van der Waals surface area contributed by atoms with Crippen LogP contribution < -0.4 is 4.72 Å². The maximum Gasteiger partial charge on any atom is 0.261 e. The van der Waals surface area contributed by atoms with E-state index < -0.39 is 10.0 Å². The fourth-order valence-corrected chi connectivity index (χ4v) is 4.50. The maximum absolute atomic E-state index is 12.9. The van der Waals surface area contributed by atoms with Crippen LogP contribution in [0.5, 0.6) is 0 Å². The zero-order valence-electron chi connectivity index (χ0n) is 14.5. The average Bonchev–Trinajstić information content (AvgIpc) is 3.07. The van der Waals surface area contributed by atoms with E-state index in [2.05, 4.69) is 14.9 Å². The molecular weight excluding hydrogens is 348 g/mol. The standard InChI is InChI=1S/C19H20N4O2S/c1-23-13-20-21-19(23)17-8-4-5-9-18(17)22-26(24,25)16-11-10-14-6-2-3-7-15(14)12-16/h4-5,8-13,22H,2-3,6-7H2,1H3. The van der Waals surface area contributed by atoms with Gasteiger partial charge in [0.15, 0.2) is 5.82 Å². The van der Waals surface area contributed by atoms with Crippen LogP contribution in [-0.2, 0) is 29.9 Å². The molecule has 6 nitrogen and oxygen atoms in total. The normalized spacial score (nSPS) is 14.0. The Labute approximate surface area is 153 Å². The molecule has 1 aliphatic rings. The van der Waals surface area contributed by atoms with E-state index in [1.54, 1.807) is 29.1 Å². The van der Waals surface area contributed by atoms with Gasteiger partial charge in [0.25, 0.3) is 10.0 Å². The molecule has 1 heterocycles. The van der Waals surface area contributed by atoms with Gasteiger partial charge in [0, 0.05) is 12.6 Å². The topological polar surface area (TPSA) is 76.9 Å². The Kier molecular flexibility index (Phi) is 4.24. The minimum absolute atomic E-state index is 0.297. The van der Waals surface area contributed by atoms with E-state index in [9.17, 15) is 8.42 Å². The summed E-state index contributed by atoms with van der Waals surface area (Å²) in [5.41, 5.74) is 3.57. The Hall–Kier alpha value is -2.67. The highest BCUT2D eigenvalue weighted by Crippen LogP contribution is 2.29. The summed E-state index contributed by atoms with van der Waals surface area (Å²) in [6.45, 7) is 0. The van der Waals surface area contributed by atoms with E-state index in [1.165, 1.54) is 12.0 Å². The Morgan fingerprint density at radius 2 is 1.81 bits per heavy atom. The van der Waals surface area contributed by atoms with Crippen molar-refractivity contribution in [1.82, 2.24) is 14.8 Å². The zero-order valence-corrected chi connectivity index (χ0v) is 15.3. The molecule has 0 radical (unpaired) electrons. The van der Waals surface area contributed by atoms with Gasteiger partial charge >= 0.3 is 0 Å². The van der Waals surface area contributed by atoms with E-state index >= 15 is 0 Å². The molecule has 134 valence electrons. The molecule has 2 aromatic carbocycles. The van der Waals surface area contributed by atoms with Gasteiger partial charge in [-0.05, 0) is 61.1 Å². The van der Waals surface area contributed by atoms with E-state index in [-0.39, 0.29) is 0 Å². The number of para-hydroxylation sites is 1. The molecule has 26 heavy (non-hydrogen) atoms. The SMILES string of the molecule is Cn1cnnc1-c1ccccc1NS(=O)(=O)c1ccc2c(c1)CCCC2. The molecule has 0 bridgehead atoms. The van der Waals surface area contributed by atoms with Gasteiger partial charge in [0.1, 0.15) is 6.33 Å². The lowest BCUT2D eigenvalue weighted by Crippen LogP contribution is -2.15. The molecule has 1 N–H and O–H groups in total. The van der Waals surface area contributed by atoms with Crippen LogP contribution in [0.1, 0.15) is 24.0 Å². The zero-order chi connectivity index (χ0) is 18.1. The van der Waals surface area contributed by atoms with Crippen molar-refractivity contribution in [2.75, 3.05) is 4.72 Å². The molecule has 0 amide bonds. The van der Waals surface area contributed by atoms with Crippen LogP contribution >= 0.6 is 0 Å². The van der Waals surface area contributed by atoms with Crippen molar-refractivity contribution in [2.24, 2.45) is 7.05 Å². The van der Waals surface area contributed by atoms with Crippen LogP contribution in [0.25, 0.3) is 11.4 Å². The van der Waals surface area contributed by atoms with Crippen molar-refractivity contribution in [3.63, 3.8) is 0 Å². The lowest BCUT2D eigenvalue weighted by molar-refractivity contribution is 0.600. The van der Waals surface area contributed by atoms with Crippen LogP contribution in [-0.4, -0.2) is 23.2 Å². The fourth-order valence-electron chi connectivity index (χ4n) is 3.37. The third-order valence-corrected chi connectivity index (χ3v) is 6.12. The number of sulfonamides is 1. The van der Waals surface area contributed by atoms with Gasteiger partial charge in [-0.3, -0.25) is 4.72 Å². The summed E-state index contributed by atoms with van der Waals surface area (Å²) in [6, 6.07) is 12.6. The number of benzene rings is 2. The Bertz CT molecular complexity index is 1060. The number of hydrogen-bond donors (Lipinski definition) is 1. The van der Waals surface area contributed by atoms with Crippen LogP contribution in [0.4, 0.5) is 5.69 Å². The Morgan fingerprint density at radius 3 is 2.58 bits per heavy atom. The predicted molar refractivity (Wildman–Crippen MR) is 100 cm³/mol. The Morgan fingerprint density at radius 1 is 1.04 bits per heavy atom. The fraction of sp³-hybridized carbons (Fsp3) is 0.263. The second kappa shape index (κ2) is 6.57. The molecule has 0 spiro atoms. The van der Waals surface area contributed by atoms with Crippen LogP contribution in [0, 0.1) is 0 Å². The summed E-state index contributed by atoms with van der Waals surface area (Å²) >= 11 is 0. The van der Waals surface area contributed by atoms with Crippen LogP contribution in [0.15, 0.2) is 53.7 Å². The second-order valence-electron chi connectivity index (χ2n) is 6.55. The third-order valence-electron chi connectivity index (χ3n) is 4.75. The molecule has 3 aromatic rings. The molecule has 7 heteroatoms. The van der Waals surface area contributed by atoms with E-state index in [0.29, 0.717) is 22.0 Å². The third kappa shape index (κ3) is 3.10. The monoisotopic (exact) mass is 368 g/mol. The minimum Gasteiger partial charge on any atom is -0.317 e. The van der Waals surface area contributed by atoms with Gasteiger partial charge in [-0.25, -0.2) is 8.42 Å². The van der Waals surface area contributed by atoms with Gasteiger partial charge in [0.2, 0.25) is 0 Å². The lowest BCUT2D eigenvalue weighted by Gasteiger charge is -2.17. The number of hydrogen-bond acceptors (Lipinski definition) is 4. The quantitative estimate of drug-likeness (QED) is 0.767. The second-order valence-corrected chi connectivity index (χ2v) is 8.24. The van der Waals surface area contributed by atoms with Gasteiger partial charge < -0.3 is 4.57 Å². The minimum atomic E-state index is -3.68. The smallest absolute Gasteiger partial charge is 0.261 e. The number of anilines is 1. The summed E-state index contributed by atoms with van der Waals surface area (Å²) in [4.78, 5) is 0.297. The summed E-state index contributed by atoms with van der Waals surface area (Å²) in [7, 11) is -1.86. The number of fused-ring (bicyclic) bond motifs is 1. The first-order valence-corrected chi connectivity index (χ1v) is 10.1. The summed E-state index contributed by atoms with van der Waals surface area (Å²) < 4.78 is 30.4. The molecule has 0 fully saturated rings. The van der Waals surface area contributed by atoms with Gasteiger partial charge in [-0.1, -0.05) is 18.2 Å². The number of nitrogens with zero attached hydrogens (tertiary/aromatic N) is 3. The average molecular weight is 368 g/mol. The van der Waals surface area contributed by atoms with Gasteiger partial charge in [-0.15, -0.1) is 10.2 Å². The van der Waals surface area contributed by atoms with Crippen molar-refractivity contribution in [3.05, 3.63) is 59.9 Å². The van der Waals surface area contributed by atoms with Crippen molar-refractivity contribution < 1.29 is 8.42 Å². The molecule has 1 aromatic heterocycles. The molecule has 0 unspecified atom stereocenters. The highest BCUT2D eigenvalue weighted by Gasteiger charge is 2.20. The van der Waals surface area contributed by atoms with E-state index in [0.717, 1.165) is 24.8 Å². The lowest BCUT2D eigenvalue weighted by atomic mass is 9.92. The summed E-state index contributed by atoms with van der Waals surface area (Å²) in [5.74, 6) is 0.605. The molecule has 0 atom stereocenters. The highest BCUT2D eigenvalue weighted by atomic mass is 32.2. The summed E-state index contributed by atoms with van der Waals surface area (Å²) in [5, 5.41) is 7.96. The van der Waals surface area contributed by atoms with Crippen molar-refractivity contribution >= 4 is 15.7 Å². The molecule has 4 rings (SSSR count). The Balaban J connectivity index is 1.70. The van der Waals surface area contributed by atoms with Gasteiger partial charge in [-0.2, -0.15) is 0 Å². The van der Waals surface area contributed by atoms with E-state index in [1.807, 2.05) is 31.3 Å². The molecule has 1 aliphatic carbocycles. The number of aromatic nitrogens is 3. The van der Waals surface area contributed by atoms with Crippen LogP contribution in [0.3, 0.4) is 0 Å². The maximum atomic E-state index is 12.9. The first-order valence-electron chi connectivity index (χ1n) is 8.62. The molecular formula is C19H20N4O2S.